The van der Waals surface area contributed by atoms with Crippen LogP contribution in [-0.4, -0.2) is 166 Å². The molecule has 1 rings (SSSR count). The summed E-state index contributed by atoms with van der Waals surface area (Å²) in [5, 5.41) is 59.0. The van der Waals surface area contributed by atoms with Gasteiger partial charge in [-0.1, -0.05) is 0 Å². The largest absolute Gasteiger partial charge is 0.544 e. The minimum absolute atomic E-state index is 0.0638. The number of ether oxygens (including phenoxy) is 6. The molecule has 1 aliphatic heterocycles. The van der Waals surface area contributed by atoms with Crippen LogP contribution in [0.3, 0.4) is 0 Å². The molecule has 1 saturated heterocycles. The molecule has 3 amide bonds. The van der Waals surface area contributed by atoms with Crippen molar-refractivity contribution in [3.8, 4) is 0 Å². The average Bonchev–Trinajstić information content (AvgIpc) is 2.98. The molecule has 0 spiro atoms. The molecule has 0 aromatic carbocycles. The molecule has 0 radical (unpaired) electrons. The zero-order valence-electron chi connectivity index (χ0n) is 24.2. The summed E-state index contributed by atoms with van der Waals surface area (Å²) in [5.74, 6) is -5.51. The van der Waals surface area contributed by atoms with Crippen LogP contribution in [0.5, 0.6) is 0 Å². The summed E-state index contributed by atoms with van der Waals surface area (Å²) in [4.78, 5) is 49.4. The predicted octanol–water partition coefficient (Wildman–Crippen LogP) is -5.32. The molecule has 0 saturated carbocycles. The zero-order valence-corrected chi connectivity index (χ0v) is 25.0. The van der Waals surface area contributed by atoms with E-state index >= 15 is 0 Å². The van der Waals surface area contributed by atoms with Gasteiger partial charge in [-0.3, -0.25) is 9.59 Å². The molecule has 18 nitrogen and oxygen atoms in total. The number of amides is 3. The van der Waals surface area contributed by atoms with E-state index in [1.54, 1.807) is 0 Å². The molecule has 1 aliphatic rings. The van der Waals surface area contributed by atoms with Crippen molar-refractivity contribution in [2.75, 3.05) is 79.0 Å². The lowest BCUT2D eigenvalue weighted by Crippen LogP contribution is -2.69. The van der Waals surface area contributed by atoms with Crippen molar-refractivity contribution in [1.29, 1.82) is 0 Å². The molecule has 43 heavy (non-hydrogen) atoms. The Kier molecular flexibility index (Phi) is 18.5. The maximum atomic E-state index is 12.9. The summed E-state index contributed by atoms with van der Waals surface area (Å²) in [6, 6.07) is -2.64. The lowest BCUT2D eigenvalue weighted by atomic mass is 9.88. The highest BCUT2D eigenvalue weighted by molar-refractivity contribution is 7.99. The molecule has 7 N–H and O–H groups in total. The van der Waals surface area contributed by atoms with Crippen LogP contribution in [0.25, 0.3) is 0 Å². The number of alkyl carbamates (subject to hydrolysis) is 1. The number of carboxylic acids is 1. The van der Waals surface area contributed by atoms with Crippen LogP contribution in [0, 0.1) is 0 Å². The van der Waals surface area contributed by atoms with Crippen LogP contribution in [0.1, 0.15) is 6.42 Å². The molecule has 19 heteroatoms. The summed E-state index contributed by atoms with van der Waals surface area (Å²) in [6.45, 7) is -0.404. The van der Waals surface area contributed by atoms with E-state index in [-0.39, 0.29) is 19.0 Å². The van der Waals surface area contributed by atoms with Gasteiger partial charge in [-0.15, -0.1) is 0 Å². The van der Waals surface area contributed by atoms with E-state index in [1.165, 1.54) is 26.0 Å². The van der Waals surface area contributed by atoms with Crippen LogP contribution >= 0.6 is 11.8 Å². The number of hydrogen-bond donors (Lipinski definition) is 7. The van der Waals surface area contributed by atoms with Gasteiger partial charge in [0.2, 0.25) is 17.6 Å². The van der Waals surface area contributed by atoms with E-state index in [4.69, 9.17) is 28.4 Å². The number of thioether (sulfide) groups is 1. The Morgan fingerprint density at radius 2 is 1.74 bits per heavy atom. The van der Waals surface area contributed by atoms with E-state index in [0.29, 0.717) is 25.6 Å². The standard InChI is InChI=1S/C24H43N3O15S/c1-37-4-6-40-8-9-43-13-14(26-23(36)41-7-5-38-2)21(33)25-11-17(31)27-18-15(29)10-24(39-3,22(34)35)42-20(18)19(32)16(30)12-28/h14-16,18-20,28-30,32H,4-13H2,1-3H3,(H,25,33)(H,26,36)(H,27,31)(H,34,35)/p-1/t14-,15?,16+,18?,19+,20?,24?/m0/s1. The monoisotopic (exact) mass is 644 g/mol. The van der Waals surface area contributed by atoms with Crippen molar-refractivity contribution >= 4 is 35.6 Å². The van der Waals surface area contributed by atoms with Gasteiger partial charge in [0.1, 0.15) is 36.9 Å². The number of carbonyl (C=O) groups is 4. The number of aliphatic carboxylic acids is 1. The number of carboxylic acid groups (broad SMARTS) is 1. The second-order valence-electron chi connectivity index (χ2n) is 9.16. The molecular weight excluding hydrogens is 602 g/mol. The maximum Gasteiger partial charge on any atom is 0.407 e. The molecule has 7 atom stereocenters. The van der Waals surface area contributed by atoms with Gasteiger partial charge in [0, 0.05) is 39.3 Å². The Hall–Kier alpha value is -2.33. The van der Waals surface area contributed by atoms with Crippen molar-refractivity contribution in [2.45, 2.75) is 48.7 Å². The van der Waals surface area contributed by atoms with E-state index in [1.807, 2.05) is 0 Å². The van der Waals surface area contributed by atoms with Crippen LogP contribution in [-0.2, 0) is 42.8 Å². The summed E-state index contributed by atoms with van der Waals surface area (Å²) in [5.41, 5.74) is 0. The Balaban J connectivity index is 2.86. The van der Waals surface area contributed by atoms with Crippen molar-refractivity contribution in [2.24, 2.45) is 0 Å². The summed E-state index contributed by atoms with van der Waals surface area (Å²) >= 11 is 1.29. The first-order valence-electron chi connectivity index (χ1n) is 13.2. The lowest BCUT2D eigenvalue weighted by molar-refractivity contribution is -0.378. The second-order valence-corrected chi connectivity index (χ2v) is 10.3. The normalized spacial score (nSPS) is 23.9. The first kappa shape index (κ1) is 38.7. The van der Waals surface area contributed by atoms with Gasteiger partial charge in [-0.2, -0.15) is 11.8 Å². The van der Waals surface area contributed by atoms with Crippen LogP contribution < -0.4 is 21.1 Å². The highest BCUT2D eigenvalue weighted by Crippen LogP contribution is 2.32. The van der Waals surface area contributed by atoms with Gasteiger partial charge in [0.15, 0.2) is 0 Å². The number of nitrogens with one attached hydrogen (secondary N) is 3. The second kappa shape index (κ2) is 20.6. The Morgan fingerprint density at radius 1 is 1.07 bits per heavy atom. The van der Waals surface area contributed by atoms with Gasteiger partial charge in [0.05, 0.1) is 51.7 Å². The van der Waals surface area contributed by atoms with Gasteiger partial charge in [0.25, 0.3) is 0 Å². The summed E-state index contributed by atoms with van der Waals surface area (Å²) in [6.07, 6.45) is -8.94. The topological polar surface area (TPSA) is 264 Å². The maximum absolute atomic E-state index is 12.9. The van der Waals surface area contributed by atoms with Crippen LogP contribution in [0.4, 0.5) is 4.79 Å². The van der Waals surface area contributed by atoms with Crippen molar-refractivity contribution < 1.29 is 73.1 Å². The number of hydrogen-bond acceptors (Lipinski definition) is 16. The zero-order chi connectivity index (χ0) is 32.4. The van der Waals surface area contributed by atoms with Crippen LogP contribution in [0.2, 0.25) is 0 Å². The van der Waals surface area contributed by atoms with Gasteiger partial charge in [-0.25, -0.2) is 4.79 Å². The molecule has 0 bridgehead atoms. The Bertz CT molecular complexity index is 872. The summed E-state index contributed by atoms with van der Waals surface area (Å²) < 4.78 is 30.2. The number of aliphatic hydroxyl groups is 4. The van der Waals surface area contributed by atoms with E-state index < -0.39 is 85.7 Å². The smallest absolute Gasteiger partial charge is 0.407 e. The molecule has 1 heterocycles. The SMILES string of the molecule is COCCOCCSC[C@H](NC(=O)OCCOC)C(=O)NCC(=O)NC1C(O)CC(OC)(C(=O)[O-])OC1[C@H](O)[C@H](O)CO. The molecule has 250 valence electrons. The fourth-order valence-electron chi connectivity index (χ4n) is 3.77. The van der Waals surface area contributed by atoms with Gasteiger partial charge in [-0.05, 0) is 0 Å². The number of aliphatic hydroxyl groups excluding tert-OH is 4. The average molecular weight is 645 g/mol. The highest BCUT2D eigenvalue weighted by atomic mass is 32.2. The molecule has 4 unspecified atom stereocenters. The fraction of sp³-hybridized carbons (Fsp3) is 0.833. The third-order valence-corrected chi connectivity index (χ3v) is 7.12. The summed E-state index contributed by atoms with van der Waals surface area (Å²) in [7, 11) is 3.91. The Morgan fingerprint density at radius 3 is 2.35 bits per heavy atom. The highest BCUT2D eigenvalue weighted by Gasteiger charge is 2.52. The lowest BCUT2D eigenvalue weighted by Gasteiger charge is -2.48. The van der Waals surface area contributed by atoms with Crippen molar-refractivity contribution in [3.63, 3.8) is 0 Å². The molecular formula is C24H42N3O15S-. The van der Waals surface area contributed by atoms with E-state index in [0.717, 1.165) is 7.11 Å². The molecule has 0 aromatic heterocycles. The van der Waals surface area contributed by atoms with Gasteiger partial charge < -0.3 is 74.7 Å². The molecule has 0 aromatic rings. The third-order valence-electron chi connectivity index (χ3n) is 6.10. The minimum atomic E-state index is -2.53. The fourth-order valence-corrected chi connectivity index (χ4v) is 4.64. The number of carbonyl (C=O) groups excluding carboxylic acids is 4. The van der Waals surface area contributed by atoms with Crippen LogP contribution in [0.15, 0.2) is 0 Å². The first-order valence-corrected chi connectivity index (χ1v) is 14.3. The first-order chi connectivity index (χ1) is 20.5. The van der Waals surface area contributed by atoms with Crippen molar-refractivity contribution in [3.05, 3.63) is 0 Å². The molecule has 0 aliphatic carbocycles. The minimum Gasteiger partial charge on any atom is -0.544 e. The number of methoxy groups -OCH3 is 3. The Labute approximate surface area is 252 Å². The van der Waals surface area contributed by atoms with Gasteiger partial charge >= 0.3 is 6.09 Å². The third kappa shape index (κ3) is 13.1. The predicted molar refractivity (Wildman–Crippen MR) is 144 cm³/mol. The van der Waals surface area contributed by atoms with E-state index in [2.05, 4.69) is 16.0 Å². The number of rotatable bonds is 21. The molecule has 1 fully saturated rings. The van der Waals surface area contributed by atoms with Crippen molar-refractivity contribution in [1.82, 2.24) is 16.0 Å². The van der Waals surface area contributed by atoms with E-state index in [9.17, 15) is 44.7 Å². The quantitative estimate of drug-likeness (QED) is 0.0575.